The Bertz CT molecular complexity index is 1330. The Labute approximate surface area is 244 Å². The first-order valence-electron chi connectivity index (χ1n) is 14.0. The fraction of sp³-hybridized carbons (Fsp3) is 0.469. The first-order chi connectivity index (χ1) is 19.4. The number of nitrogens with zero attached hydrogens (tertiary/aromatic N) is 1. The van der Waals surface area contributed by atoms with Crippen molar-refractivity contribution >= 4 is 23.1 Å². The highest BCUT2D eigenvalue weighted by Gasteiger charge is 2.32. The van der Waals surface area contributed by atoms with Gasteiger partial charge >= 0.3 is 12.1 Å². The Hall–Kier alpha value is -3.20. The fourth-order valence-corrected chi connectivity index (χ4v) is 5.41. The molecule has 3 rings (SSSR count). The molecule has 0 spiro atoms. The summed E-state index contributed by atoms with van der Waals surface area (Å²) < 4.78 is 50.2. The molecule has 0 fully saturated rings. The van der Waals surface area contributed by atoms with Gasteiger partial charge in [0.1, 0.15) is 10.8 Å². The Morgan fingerprint density at radius 2 is 1.66 bits per heavy atom. The summed E-state index contributed by atoms with van der Waals surface area (Å²) in [7, 11) is 0. The zero-order chi connectivity index (χ0) is 30.2. The maximum Gasteiger partial charge on any atom is 0.416 e. The smallest absolute Gasteiger partial charge is 0.416 e. The average molecular weight is 590 g/mol. The molecule has 5 nitrogen and oxygen atoms in total. The van der Waals surface area contributed by atoms with Gasteiger partial charge in [-0.3, -0.25) is 4.79 Å². The van der Waals surface area contributed by atoms with E-state index in [1.54, 1.807) is 39.0 Å². The summed E-state index contributed by atoms with van der Waals surface area (Å²) in [6, 6.07) is 10.2. The lowest BCUT2D eigenvalue weighted by Gasteiger charge is -2.25. The van der Waals surface area contributed by atoms with Gasteiger partial charge in [0.05, 0.1) is 17.9 Å². The zero-order valence-corrected chi connectivity index (χ0v) is 25.1. The molecule has 0 radical (unpaired) electrons. The van der Waals surface area contributed by atoms with Gasteiger partial charge in [-0.25, -0.2) is 9.78 Å². The van der Waals surface area contributed by atoms with Crippen LogP contribution in [0.4, 0.5) is 13.2 Å². The molecule has 0 unspecified atom stereocenters. The number of benzene rings is 2. The molecular weight excluding hydrogens is 551 g/mol. The number of ketones is 1. The minimum atomic E-state index is -4.40. The average Bonchev–Trinajstić information content (AvgIpc) is 3.33. The van der Waals surface area contributed by atoms with Crippen LogP contribution in [0.1, 0.15) is 91.9 Å². The number of alkyl halides is 3. The van der Waals surface area contributed by atoms with Crippen molar-refractivity contribution in [1.82, 2.24) is 4.98 Å². The molecule has 0 atom stereocenters. The number of ether oxygens (including phenoxy) is 2. The lowest BCUT2D eigenvalue weighted by molar-refractivity contribution is -0.158. The molecule has 41 heavy (non-hydrogen) atoms. The third-order valence-electron chi connectivity index (χ3n) is 6.73. The Morgan fingerprint density at radius 3 is 2.29 bits per heavy atom. The predicted molar refractivity (Wildman–Crippen MR) is 156 cm³/mol. The van der Waals surface area contributed by atoms with Crippen molar-refractivity contribution in [3.8, 4) is 16.3 Å². The minimum absolute atomic E-state index is 0.0785. The number of carbonyl (C=O) groups excluding carboxylic acids is 2. The summed E-state index contributed by atoms with van der Waals surface area (Å²) >= 11 is 1.43. The van der Waals surface area contributed by atoms with Crippen LogP contribution < -0.4 is 4.74 Å². The van der Waals surface area contributed by atoms with E-state index in [2.05, 4.69) is 6.92 Å². The van der Waals surface area contributed by atoms with E-state index in [1.165, 1.54) is 23.5 Å². The second-order valence-corrected chi connectivity index (χ2v) is 11.6. The van der Waals surface area contributed by atoms with Crippen LogP contribution in [0, 0.1) is 6.92 Å². The lowest BCUT2D eigenvalue weighted by Crippen LogP contribution is -2.40. The summed E-state index contributed by atoms with van der Waals surface area (Å²) in [5.41, 5.74) is 0.874. The minimum Gasteiger partial charge on any atom is -0.476 e. The number of carbonyl (C=O) groups is 2. The number of Topliss-reactive ketones (excluding diaryl/α,β-unsaturated/α-hetero) is 1. The fourth-order valence-electron chi connectivity index (χ4n) is 4.29. The Morgan fingerprint density at radius 1 is 0.951 bits per heavy atom. The maximum absolute atomic E-state index is 13.2. The molecule has 0 saturated carbocycles. The van der Waals surface area contributed by atoms with E-state index in [0.29, 0.717) is 28.3 Å². The van der Waals surface area contributed by atoms with Crippen LogP contribution in [-0.4, -0.2) is 28.9 Å². The van der Waals surface area contributed by atoms with Crippen LogP contribution in [0.15, 0.2) is 42.5 Å². The number of unbranched alkanes of at least 4 members (excludes halogenated alkanes) is 3. The van der Waals surface area contributed by atoms with E-state index < -0.39 is 23.3 Å². The third kappa shape index (κ3) is 8.89. The Kier molecular flexibility index (Phi) is 11.1. The molecule has 0 amide bonds. The van der Waals surface area contributed by atoms with Crippen molar-refractivity contribution in [2.24, 2.45) is 0 Å². The number of rotatable bonds is 14. The van der Waals surface area contributed by atoms with E-state index in [9.17, 15) is 22.8 Å². The molecule has 0 aliphatic rings. The summed E-state index contributed by atoms with van der Waals surface area (Å²) in [5, 5.41) is 0.652. The lowest BCUT2D eigenvalue weighted by atomic mass is 10.0. The van der Waals surface area contributed by atoms with E-state index in [4.69, 9.17) is 14.5 Å². The van der Waals surface area contributed by atoms with Crippen LogP contribution >= 0.6 is 11.3 Å². The number of hydrogen-bond acceptors (Lipinski definition) is 6. The molecule has 1 heterocycles. The van der Waals surface area contributed by atoms with Crippen molar-refractivity contribution < 1.29 is 32.2 Å². The van der Waals surface area contributed by atoms with Gasteiger partial charge in [-0.15, -0.1) is 11.3 Å². The van der Waals surface area contributed by atoms with Crippen LogP contribution in [0.25, 0.3) is 10.6 Å². The monoisotopic (exact) mass is 589 g/mol. The molecule has 3 aromatic rings. The van der Waals surface area contributed by atoms with Crippen LogP contribution in [0.3, 0.4) is 0 Å². The van der Waals surface area contributed by atoms with Gasteiger partial charge in [-0.05, 0) is 70.7 Å². The standard InChI is InChI=1S/C32H38F3NO4S/c1-6-8-9-10-11-25-28(41-29(36-25)22-14-16-24(17-15-22)32(33,34)35)19-18-26(37)23-13-12-21(3)27(20-23)40-31(4,5)30(38)39-7-2/h12-17,20H,6-11,18-19H2,1-5H3. The first-order valence-corrected chi connectivity index (χ1v) is 14.8. The first kappa shape index (κ1) is 32.3. The van der Waals surface area contributed by atoms with Gasteiger partial charge in [-0.2, -0.15) is 13.2 Å². The largest absolute Gasteiger partial charge is 0.476 e. The predicted octanol–water partition coefficient (Wildman–Crippen LogP) is 8.80. The van der Waals surface area contributed by atoms with E-state index in [1.807, 2.05) is 6.92 Å². The number of aromatic nitrogens is 1. The summed E-state index contributed by atoms with van der Waals surface area (Å²) in [4.78, 5) is 31.3. The van der Waals surface area contributed by atoms with E-state index >= 15 is 0 Å². The van der Waals surface area contributed by atoms with Crippen molar-refractivity contribution in [2.45, 2.75) is 91.3 Å². The molecule has 0 aliphatic heterocycles. The van der Waals surface area contributed by atoms with E-state index in [0.717, 1.165) is 60.4 Å². The highest BCUT2D eigenvalue weighted by molar-refractivity contribution is 7.15. The highest BCUT2D eigenvalue weighted by Crippen LogP contribution is 2.34. The molecule has 9 heteroatoms. The number of aryl methyl sites for hydroxylation is 3. The molecule has 2 aromatic carbocycles. The van der Waals surface area contributed by atoms with Crippen molar-refractivity contribution in [2.75, 3.05) is 6.61 Å². The van der Waals surface area contributed by atoms with Gasteiger partial charge in [0, 0.05) is 22.4 Å². The molecule has 0 aliphatic carbocycles. The molecule has 0 bridgehead atoms. The highest BCUT2D eigenvalue weighted by atomic mass is 32.1. The molecule has 222 valence electrons. The van der Waals surface area contributed by atoms with Gasteiger partial charge in [0.2, 0.25) is 0 Å². The number of esters is 1. The topological polar surface area (TPSA) is 65.5 Å². The third-order valence-corrected chi connectivity index (χ3v) is 7.93. The number of thiazole rings is 1. The number of halogens is 3. The molecular formula is C32H38F3NO4S. The van der Waals surface area contributed by atoms with Gasteiger partial charge < -0.3 is 9.47 Å². The van der Waals surface area contributed by atoms with Crippen LogP contribution in [0.5, 0.6) is 5.75 Å². The summed E-state index contributed by atoms with van der Waals surface area (Å²) in [6.45, 7) is 9.20. The Balaban J connectivity index is 1.78. The van der Waals surface area contributed by atoms with Gasteiger partial charge in [0.15, 0.2) is 11.4 Å². The maximum atomic E-state index is 13.2. The van der Waals surface area contributed by atoms with Crippen molar-refractivity contribution in [1.29, 1.82) is 0 Å². The molecule has 1 aromatic heterocycles. The summed E-state index contributed by atoms with van der Waals surface area (Å²) in [6.07, 6.45) is 1.32. The van der Waals surface area contributed by atoms with Crippen molar-refractivity contribution in [3.63, 3.8) is 0 Å². The number of hydrogen-bond donors (Lipinski definition) is 0. The van der Waals surface area contributed by atoms with Gasteiger partial charge in [-0.1, -0.05) is 50.5 Å². The SMILES string of the molecule is CCCCCCc1nc(-c2ccc(C(F)(F)F)cc2)sc1CCC(=O)c1ccc(C)c(OC(C)(C)C(=O)OCC)c1. The van der Waals surface area contributed by atoms with Gasteiger partial charge in [0.25, 0.3) is 0 Å². The van der Waals surface area contributed by atoms with Crippen LogP contribution in [-0.2, 0) is 28.5 Å². The van der Waals surface area contributed by atoms with Crippen molar-refractivity contribution in [3.05, 3.63) is 69.7 Å². The molecule has 0 saturated heterocycles. The quantitative estimate of drug-likeness (QED) is 0.107. The normalized spacial score (nSPS) is 11.9. The molecule has 0 N–H and O–H groups in total. The summed E-state index contributed by atoms with van der Waals surface area (Å²) in [5.74, 6) is -0.130. The second kappa shape index (κ2) is 14.1. The van der Waals surface area contributed by atoms with Crippen LogP contribution in [0.2, 0.25) is 0 Å². The van der Waals surface area contributed by atoms with E-state index in [-0.39, 0.29) is 18.8 Å². The zero-order valence-electron chi connectivity index (χ0n) is 24.3. The second-order valence-electron chi connectivity index (χ2n) is 10.5.